The Morgan fingerprint density at radius 3 is 2.50 bits per heavy atom. The minimum absolute atomic E-state index is 0.0641. The van der Waals surface area contributed by atoms with Crippen molar-refractivity contribution in [2.75, 3.05) is 26.7 Å². The average Bonchev–Trinajstić information content (AvgIpc) is 2.80. The third-order valence-corrected chi connectivity index (χ3v) is 5.70. The Bertz CT molecular complexity index is 1070. The molecule has 156 valence electrons. The maximum atomic E-state index is 13.0. The third-order valence-electron chi connectivity index (χ3n) is 5.70. The molecule has 4 rings (SSSR count). The number of aromatic nitrogens is 2. The summed E-state index contributed by atoms with van der Waals surface area (Å²) in [4.78, 5) is 27.4. The highest BCUT2D eigenvalue weighted by Gasteiger charge is 2.24. The van der Waals surface area contributed by atoms with Gasteiger partial charge in [0.15, 0.2) is 5.69 Å². The number of nitrogens with zero attached hydrogens (tertiary/aromatic N) is 2. The molecule has 0 radical (unpaired) electrons. The molecule has 2 heterocycles. The first kappa shape index (κ1) is 20.1. The Labute approximate surface area is 175 Å². The molecule has 1 aromatic heterocycles. The van der Waals surface area contributed by atoms with Crippen molar-refractivity contribution in [3.05, 3.63) is 70.1 Å². The van der Waals surface area contributed by atoms with Gasteiger partial charge in [0, 0.05) is 11.9 Å². The molecular formula is C23H26N4O3. The molecule has 0 spiro atoms. The number of carbonyl (C=O) groups is 1. The SMILES string of the molecule is COc1ccc(C(CNC(=O)c2n[nH]c(=O)c3ccccc23)N2CCCCC2)cc1. The first-order valence-corrected chi connectivity index (χ1v) is 10.3. The van der Waals surface area contributed by atoms with Gasteiger partial charge in [-0.3, -0.25) is 14.5 Å². The zero-order chi connectivity index (χ0) is 20.9. The minimum atomic E-state index is -0.299. The molecule has 1 fully saturated rings. The number of hydrogen-bond acceptors (Lipinski definition) is 5. The van der Waals surface area contributed by atoms with Gasteiger partial charge in [-0.15, -0.1) is 0 Å². The fourth-order valence-electron chi connectivity index (χ4n) is 4.07. The van der Waals surface area contributed by atoms with E-state index in [-0.39, 0.29) is 23.2 Å². The van der Waals surface area contributed by atoms with Crippen LogP contribution in [0.25, 0.3) is 10.8 Å². The topological polar surface area (TPSA) is 87.3 Å². The van der Waals surface area contributed by atoms with Crippen molar-refractivity contribution in [3.8, 4) is 5.75 Å². The van der Waals surface area contributed by atoms with Crippen LogP contribution in [-0.4, -0.2) is 47.7 Å². The second kappa shape index (κ2) is 9.09. The number of H-pyrrole nitrogens is 1. The Balaban J connectivity index is 1.57. The van der Waals surface area contributed by atoms with Gasteiger partial charge >= 0.3 is 0 Å². The maximum Gasteiger partial charge on any atom is 0.272 e. The third kappa shape index (κ3) is 4.21. The van der Waals surface area contributed by atoms with Crippen LogP contribution >= 0.6 is 0 Å². The summed E-state index contributed by atoms with van der Waals surface area (Å²) in [6.45, 7) is 2.47. The summed E-state index contributed by atoms with van der Waals surface area (Å²) in [5.41, 5.74) is 1.07. The van der Waals surface area contributed by atoms with Gasteiger partial charge in [-0.05, 0) is 49.7 Å². The highest BCUT2D eigenvalue weighted by atomic mass is 16.5. The summed E-state index contributed by atoms with van der Waals surface area (Å²) in [7, 11) is 1.65. The van der Waals surface area contributed by atoms with Gasteiger partial charge in [-0.1, -0.05) is 36.8 Å². The number of rotatable bonds is 6. The van der Waals surface area contributed by atoms with Gasteiger partial charge in [0.1, 0.15) is 5.75 Å². The fraction of sp³-hybridized carbons (Fsp3) is 0.348. The quantitative estimate of drug-likeness (QED) is 0.657. The van der Waals surface area contributed by atoms with Crippen molar-refractivity contribution in [1.82, 2.24) is 20.4 Å². The van der Waals surface area contributed by atoms with E-state index in [1.165, 1.54) is 6.42 Å². The van der Waals surface area contributed by atoms with E-state index in [1.54, 1.807) is 31.4 Å². The summed E-state index contributed by atoms with van der Waals surface area (Å²) in [6.07, 6.45) is 3.56. The standard InChI is InChI=1S/C23H26N4O3/c1-30-17-11-9-16(10-12-17)20(27-13-5-2-6-14-27)15-24-23(29)21-18-7-3-4-8-19(18)22(28)26-25-21/h3-4,7-12,20H,2,5-6,13-15H2,1H3,(H,24,29)(H,26,28). The van der Waals surface area contributed by atoms with E-state index in [0.29, 0.717) is 17.3 Å². The zero-order valence-electron chi connectivity index (χ0n) is 17.1. The molecule has 1 saturated heterocycles. The zero-order valence-corrected chi connectivity index (χ0v) is 17.1. The molecule has 7 nitrogen and oxygen atoms in total. The molecule has 1 amide bonds. The van der Waals surface area contributed by atoms with Crippen LogP contribution in [0, 0.1) is 0 Å². The first-order chi connectivity index (χ1) is 14.7. The summed E-state index contributed by atoms with van der Waals surface area (Å²) >= 11 is 0. The summed E-state index contributed by atoms with van der Waals surface area (Å²) in [5.74, 6) is 0.516. The Kier molecular flexibility index (Phi) is 6.09. The predicted octanol–water partition coefficient (Wildman–Crippen LogP) is 2.89. The van der Waals surface area contributed by atoms with Crippen molar-refractivity contribution >= 4 is 16.7 Å². The molecule has 7 heteroatoms. The normalized spacial score (nSPS) is 15.6. The van der Waals surface area contributed by atoms with Gasteiger partial charge in [0.25, 0.3) is 11.5 Å². The molecule has 1 aliphatic heterocycles. The molecule has 1 atom stereocenters. The van der Waals surface area contributed by atoms with Crippen molar-refractivity contribution in [1.29, 1.82) is 0 Å². The lowest BCUT2D eigenvalue weighted by Gasteiger charge is -2.35. The van der Waals surface area contributed by atoms with E-state index in [1.807, 2.05) is 12.1 Å². The molecule has 1 unspecified atom stereocenters. The number of carbonyl (C=O) groups excluding carboxylic acids is 1. The van der Waals surface area contributed by atoms with Gasteiger partial charge in [0.05, 0.1) is 18.5 Å². The second-order valence-electron chi connectivity index (χ2n) is 7.54. The fourth-order valence-corrected chi connectivity index (χ4v) is 4.07. The van der Waals surface area contributed by atoms with Gasteiger partial charge in [-0.25, -0.2) is 5.10 Å². The lowest BCUT2D eigenvalue weighted by atomic mass is 10.0. The summed E-state index contributed by atoms with van der Waals surface area (Å²) < 4.78 is 5.28. The molecule has 0 bridgehead atoms. The summed E-state index contributed by atoms with van der Waals surface area (Å²) in [6, 6.07) is 15.1. The highest BCUT2D eigenvalue weighted by Crippen LogP contribution is 2.26. The number of aromatic amines is 1. The Hall–Kier alpha value is -3.19. The smallest absolute Gasteiger partial charge is 0.272 e. The second-order valence-corrected chi connectivity index (χ2v) is 7.54. The van der Waals surface area contributed by atoms with Crippen molar-refractivity contribution in [2.45, 2.75) is 25.3 Å². The number of nitrogens with one attached hydrogen (secondary N) is 2. The molecule has 30 heavy (non-hydrogen) atoms. The number of benzene rings is 2. The van der Waals surface area contributed by atoms with Crippen LogP contribution in [-0.2, 0) is 0 Å². The minimum Gasteiger partial charge on any atom is -0.497 e. The molecule has 1 aliphatic rings. The molecule has 2 aromatic carbocycles. The largest absolute Gasteiger partial charge is 0.497 e. The molecule has 0 saturated carbocycles. The van der Waals surface area contributed by atoms with Crippen molar-refractivity contribution in [3.63, 3.8) is 0 Å². The molecule has 2 N–H and O–H groups in total. The number of piperidine rings is 1. The van der Waals surface area contributed by atoms with Gasteiger partial charge in [-0.2, -0.15) is 5.10 Å². The van der Waals surface area contributed by atoms with Crippen LogP contribution in [0.5, 0.6) is 5.75 Å². The van der Waals surface area contributed by atoms with Crippen molar-refractivity contribution < 1.29 is 9.53 Å². The van der Waals surface area contributed by atoms with Crippen LogP contribution < -0.4 is 15.6 Å². The Morgan fingerprint density at radius 2 is 1.80 bits per heavy atom. The van der Waals surface area contributed by atoms with E-state index in [4.69, 9.17) is 4.74 Å². The van der Waals surface area contributed by atoms with Gasteiger partial charge < -0.3 is 10.1 Å². The monoisotopic (exact) mass is 406 g/mol. The lowest BCUT2D eigenvalue weighted by molar-refractivity contribution is 0.0920. The van der Waals surface area contributed by atoms with Crippen LogP contribution in [0.4, 0.5) is 0 Å². The summed E-state index contributed by atoms with van der Waals surface area (Å²) in [5, 5.41) is 10.5. The lowest BCUT2D eigenvalue weighted by Crippen LogP contribution is -2.41. The van der Waals surface area contributed by atoms with Crippen LogP contribution in [0.2, 0.25) is 0 Å². The predicted molar refractivity (Wildman–Crippen MR) is 116 cm³/mol. The van der Waals surface area contributed by atoms with Crippen molar-refractivity contribution in [2.24, 2.45) is 0 Å². The van der Waals surface area contributed by atoms with E-state index in [9.17, 15) is 9.59 Å². The molecule has 3 aromatic rings. The van der Waals surface area contributed by atoms with E-state index >= 15 is 0 Å². The van der Waals surface area contributed by atoms with Crippen LogP contribution in [0.3, 0.4) is 0 Å². The number of methoxy groups -OCH3 is 1. The van der Waals surface area contributed by atoms with E-state index in [2.05, 4.69) is 32.5 Å². The van der Waals surface area contributed by atoms with Crippen LogP contribution in [0.1, 0.15) is 41.4 Å². The van der Waals surface area contributed by atoms with E-state index < -0.39 is 0 Å². The molecular weight excluding hydrogens is 380 g/mol. The highest BCUT2D eigenvalue weighted by molar-refractivity contribution is 6.04. The first-order valence-electron chi connectivity index (χ1n) is 10.3. The number of fused-ring (bicyclic) bond motifs is 1. The Morgan fingerprint density at radius 1 is 1.10 bits per heavy atom. The maximum absolute atomic E-state index is 13.0. The number of hydrogen-bond donors (Lipinski definition) is 2. The van der Waals surface area contributed by atoms with Gasteiger partial charge in [0.2, 0.25) is 0 Å². The average molecular weight is 406 g/mol. The molecule has 0 aliphatic carbocycles. The van der Waals surface area contributed by atoms with Crippen LogP contribution in [0.15, 0.2) is 53.3 Å². The van der Waals surface area contributed by atoms with E-state index in [0.717, 1.165) is 37.2 Å². The number of likely N-dealkylation sites (tertiary alicyclic amines) is 1. The number of ether oxygens (including phenoxy) is 1. The number of amides is 1.